The van der Waals surface area contributed by atoms with Crippen molar-refractivity contribution in [3.8, 4) is 0 Å². The molecule has 0 saturated carbocycles. The highest BCUT2D eigenvalue weighted by Crippen LogP contribution is 1.72. The fourth-order valence-corrected chi connectivity index (χ4v) is 1.22. The molecule has 50 valence electrons. The van der Waals surface area contributed by atoms with E-state index in [1.54, 1.807) is 0 Å². The molecule has 0 unspecified atom stereocenters. The van der Waals surface area contributed by atoms with Crippen LogP contribution in [0.3, 0.4) is 0 Å². The van der Waals surface area contributed by atoms with Gasteiger partial charge in [-0.05, 0) is 0 Å². The molecule has 0 spiro atoms. The van der Waals surface area contributed by atoms with Crippen molar-refractivity contribution in [3.63, 3.8) is 0 Å². The van der Waals surface area contributed by atoms with E-state index in [0.29, 0.717) is 0 Å². The van der Waals surface area contributed by atoms with E-state index in [0.717, 1.165) is 13.2 Å². The predicted molar refractivity (Wildman–Crippen MR) is 40.7 cm³/mol. The van der Waals surface area contributed by atoms with Crippen LogP contribution in [0.5, 0.6) is 0 Å². The van der Waals surface area contributed by atoms with Gasteiger partial charge in [0, 0.05) is 0 Å². The maximum atomic E-state index is 5.17. The van der Waals surface area contributed by atoms with Crippen LogP contribution in [0.2, 0.25) is 13.1 Å². The zero-order valence-electron chi connectivity index (χ0n) is 5.64. The molecule has 0 radical (unpaired) electrons. The molecule has 0 aliphatic carbocycles. The molecule has 0 aromatic heterocycles. The van der Waals surface area contributed by atoms with Crippen molar-refractivity contribution < 1.29 is 8.85 Å². The van der Waals surface area contributed by atoms with Crippen LogP contribution in [0.4, 0.5) is 0 Å². The fourth-order valence-electron chi connectivity index (χ4n) is 0.407. The van der Waals surface area contributed by atoms with Gasteiger partial charge in [-0.3, -0.25) is 0 Å². The number of hydrogen-bond donors (Lipinski definition) is 0. The minimum absolute atomic E-state index is 0.179. The Hall–Kier alpha value is 0.354. The van der Waals surface area contributed by atoms with Gasteiger partial charge in [-0.25, -0.2) is 0 Å². The monoisotopic (exact) mass is 150 g/mol. The Morgan fingerprint density at radius 2 is 1.38 bits per heavy atom. The lowest BCUT2D eigenvalue weighted by Crippen LogP contribution is -2.05. The van der Waals surface area contributed by atoms with Crippen LogP contribution in [-0.2, 0) is 8.85 Å². The summed E-state index contributed by atoms with van der Waals surface area (Å²) in [6.07, 6.45) is 0. The molecule has 0 aromatic carbocycles. The van der Waals surface area contributed by atoms with Gasteiger partial charge in [-0.1, -0.05) is 13.1 Å². The maximum absolute atomic E-state index is 5.17. The molecule has 0 aliphatic rings. The van der Waals surface area contributed by atoms with Gasteiger partial charge in [-0.15, -0.1) is 0 Å². The molecule has 0 aliphatic heterocycles. The van der Waals surface area contributed by atoms with Crippen molar-refractivity contribution in [2.45, 2.75) is 13.1 Å². The van der Waals surface area contributed by atoms with Crippen molar-refractivity contribution in [2.24, 2.45) is 0 Å². The van der Waals surface area contributed by atoms with Gasteiger partial charge >= 0.3 is 0 Å². The smallest absolute Gasteiger partial charge is 0.158 e. The highest BCUT2D eigenvalue weighted by atomic mass is 28.2. The van der Waals surface area contributed by atoms with Gasteiger partial charge in [0.25, 0.3) is 0 Å². The van der Waals surface area contributed by atoms with E-state index in [4.69, 9.17) is 8.85 Å². The molecule has 0 rings (SSSR count). The predicted octanol–water partition coefficient (Wildman–Crippen LogP) is -0.717. The van der Waals surface area contributed by atoms with E-state index in [2.05, 4.69) is 13.1 Å². The van der Waals surface area contributed by atoms with Gasteiger partial charge in [-0.2, -0.15) is 0 Å². The zero-order chi connectivity index (χ0) is 6.24. The summed E-state index contributed by atoms with van der Waals surface area (Å²) in [6.45, 7) is 5.90. The van der Waals surface area contributed by atoms with Crippen LogP contribution >= 0.6 is 0 Å². The Kier molecular flexibility index (Phi) is 7.68. The second-order valence-electron chi connectivity index (χ2n) is 1.39. The first-order chi connectivity index (χ1) is 3.91. The lowest BCUT2D eigenvalue weighted by atomic mass is 10.8. The van der Waals surface area contributed by atoms with E-state index >= 15 is 0 Å². The van der Waals surface area contributed by atoms with E-state index in [1.807, 2.05) is 0 Å². The first kappa shape index (κ1) is 8.35. The van der Waals surface area contributed by atoms with E-state index in [1.165, 1.54) is 0 Å². The summed E-state index contributed by atoms with van der Waals surface area (Å²) in [5.41, 5.74) is 0. The summed E-state index contributed by atoms with van der Waals surface area (Å²) in [4.78, 5) is 0. The second kappa shape index (κ2) is 7.35. The molecular formula is C4H14O2Si2. The van der Waals surface area contributed by atoms with Crippen molar-refractivity contribution in [1.29, 1.82) is 0 Å². The topological polar surface area (TPSA) is 18.5 Å². The third-order valence-electron chi connectivity index (χ3n) is 0.780. The molecule has 0 heterocycles. The van der Waals surface area contributed by atoms with E-state index < -0.39 is 0 Å². The molecule has 0 N–H and O–H groups in total. The SMILES string of the molecule is C[SiH2]OCCO[SiH2]C. The summed E-state index contributed by atoms with van der Waals surface area (Å²) < 4.78 is 10.3. The van der Waals surface area contributed by atoms with Crippen molar-refractivity contribution in [1.82, 2.24) is 0 Å². The first-order valence-electron chi connectivity index (χ1n) is 3.07. The van der Waals surface area contributed by atoms with Gasteiger partial charge in [0.2, 0.25) is 0 Å². The van der Waals surface area contributed by atoms with Crippen molar-refractivity contribution in [2.75, 3.05) is 13.2 Å². The quantitative estimate of drug-likeness (QED) is 0.380. The van der Waals surface area contributed by atoms with Crippen LogP contribution in [0, 0.1) is 0 Å². The summed E-state index contributed by atoms with van der Waals surface area (Å²) in [5.74, 6) is 0. The van der Waals surface area contributed by atoms with Gasteiger partial charge < -0.3 is 8.85 Å². The molecule has 8 heavy (non-hydrogen) atoms. The second-order valence-corrected chi connectivity index (χ2v) is 3.37. The van der Waals surface area contributed by atoms with E-state index in [9.17, 15) is 0 Å². The van der Waals surface area contributed by atoms with Crippen LogP contribution in [0.1, 0.15) is 0 Å². The van der Waals surface area contributed by atoms with Crippen LogP contribution in [0.15, 0.2) is 0 Å². The summed E-state index contributed by atoms with van der Waals surface area (Å²) >= 11 is 0. The molecule has 0 amide bonds. The Morgan fingerprint density at radius 3 is 1.62 bits per heavy atom. The average Bonchev–Trinajstić information content (AvgIpc) is 1.81. The number of rotatable bonds is 5. The Balaban J connectivity index is 2.53. The molecule has 2 nitrogen and oxygen atoms in total. The van der Waals surface area contributed by atoms with Gasteiger partial charge in [0.15, 0.2) is 19.5 Å². The minimum Gasteiger partial charge on any atom is -0.422 e. The number of hydrogen-bond acceptors (Lipinski definition) is 2. The van der Waals surface area contributed by atoms with Crippen LogP contribution in [0.25, 0.3) is 0 Å². The molecule has 0 fully saturated rings. The molecular weight excluding hydrogens is 136 g/mol. The van der Waals surface area contributed by atoms with Crippen LogP contribution in [-0.4, -0.2) is 32.7 Å². The largest absolute Gasteiger partial charge is 0.422 e. The Morgan fingerprint density at radius 1 is 1.00 bits per heavy atom. The van der Waals surface area contributed by atoms with Crippen molar-refractivity contribution >= 4 is 19.5 Å². The molecule has 0 saturated heterocycles. The maximum Gasteiger partial charge on any atom is 0.158 e. The Labute approximate surface area is 55.5 Å². The average molecular weight is 150 g/mol. The third kappa shape index (κ3) is 6.35. The first-order valence-corrected chi connectivity index (χ1v) is 7.05. The Bertz CT molecular complexity index is 37.0. The standard InChI is InChI=1S/C4H14O2Si2/c1-7-5-3-4-6-8-2/h3-4,7-8H2,1-2H3. The highest BCUT2D eigenvalue weighted by Gasteiger charge is 1.81. The molecule has 0 atom stereocenters. The fraction of sp³-hybridized carbons (Fsp3) is 1.00. The third-order valence-corrected chi connectivity index (χ3v) is 2.17. The molecule has 4 heteroatoms. The zero-order valence-corrected chi connectivity index (χ0v) is 8.47. The summed E-state index contributed by atoms with van der Waals surface area (Å²) in [5, 5.41) is 0. The lowest BCUT2D eigenvalue weighted by molar-refractivity contribution is 0.233. The highest BCUT2D eigenvalue weighted by molar-refractivity contribution is 6.25. The van der Waals surface area contributed by atoms with Gasteiger partial charge in [0.1, 0.15) is 0 Å². The van der Waals surface area contributed by atoms with Crippen molar-refractivity contribution in [3.05, 3.63) is 0 Å². The minimum atomic E-state index is -0.179. The van der Waals surface area contributed by atoms with Gasteiger partial charge in [0.05, 0.1) is 13.2 Å². The normalized spacial score (nSPS) is 12.8. The lowest BCUT2D eigenvalue weighted by Gasteiger charge is -1.99. The van der Waals surface area contributed by atoms with Crippen LogP contribution < -0.4 is 0 Å². The van der Waals surface area contributed by atoms with E-state index in [-0.39, 0.29) is 19.5 Å². The summed E-state index contributed by atoms with van der Waals surface area (Å²) in [6, 6.07) is 0. The summed E-state index contributed by atoms with van der Waals surface area (Å²) in [7, 11) is -0.357. The molecule has 0 bridgehead atoms. The molecule has 0 aromatic rings.